The molecule has 0 saturated carbocycles. The lowest BCUT2D eigenvalue weighted by Crippen LogP contribution is -2.22. The van der Waals surface area contributed by atoms with Crippen LogP contribution in [0.15, 0.2) is 36.4 Å². The van der Waals surface area contributed by atoms with Gasteiger partial charge < -0.3 is 10.6 Å². The van der Waals surface area contributed by atoms with Gasteiger partial charge >= 0.3 is 0 Å². The molecule has 0 unspecified atom stereocenters. The van der Waals surface area contributed by atoms with Gasteiger partial charge in [0.2, 0.25) is 5.91 Å². The van der Waals surface area contributed by atoms with Crippen LogP contribution >= 0.6 is 0 Å². The number of carbonyl (C=O) groups excluding carboxylic acids is 1. The van der Waals surface area contributed by atoms with Gasteiger partial charge in [0, 0.05) is 11.4 Å². The van der Waals surface area contributed by atoms with Gasteiger partial charge in [-0.1, -0.05) is 12.1 Å². The van der Waals surface area contributed by atoms with E-state index in [4.69, 9.17) is 0 Å². The zero-order valence-electron chi connectivity index (χ0n) is 12.5. The summed E-state index contributed by atoms with van der Waals surface area (Å²) in [5.74, 6) is -0.486. The first kappa shape index (κ1) is 15.0. The summed E-state index contributed by atoms with van der Waals surface area (Å²) >= 11 is 0. The first-order chi connectivity index (χ1) is 9.95. The fraction of sp³-hybridized carbons (Fsp3) is 0.235. The van der Waals surface area contributed by atoms with Gasteiger partial charge in [-0.05, 0) is 61.7 Å². The van der Waals surface area contributed by atoms with Crippen molar-refractivity contribution in [2.24, 2.45) is 0 Å². The highest BCUT2D eigenvalue weighted by Gasteiger charge is 2.05. The standard InChI is InChI=1S/C17H19FN2O/c1-11-5-7-15(8-13(11)3)20-17(21)10-19-16-9-14(18)6-4-12(16)2/h4-9,19H,10H2,1-3H3,(H,20,21). The maximum absolute atomic E-state index is 13.2. The van der Waals surface area contributed by atoms with E-state index in [1.165, 1.54) is 17.7 Å². The molecule has 2 aromatic carbocycles. The van der Waals surface area contributed by atoms with Crippen molar-refractivity contribution in [2.45, 2.75) is 20.8 Å². The minimum absolute atomic E-state index is 0.0945. The van der Waals surface area contributed by atoms with Crippen LogP contribution in [0.5, 0.6) is 0 Å². The van der Waals surface area contributed by atoms with Gasteiger partial charge in [0.25, 0.3) is 0 Å². The molecule has 0 fully saturated rings. The molecular formula is C17H19FN2O. The van der Waals surface area contributed by atoms with Gasteiger partial charge in [-0.25, -0.2) is 4.39 Å². The van der Waals surface area contributed by atoms with Crippen molar-refractivity contribution in [2.75, 3.05) is 17.2 Å². The Morgan fingerprint density at radius 3 is 2.43 bits per heavy atom. The molecule has 0 atom stereocenters. The average molecular weight is 286 g/mol. The maximum atomic E-state index is 13.2. The highest BCUT2D eigenvalue weighted by molar-refractivity contribution is 5.93. The van der Waals surface area contributed by atoms with E-state index in [1.807, 2.05) is 39.0 Å². The second-order valence-electron chi connectivity index (χ2n) is 5.16. The largest absolute Gasteiger partial charge is 0.376 e. The molecule has 2 N–H and O–H groups in total. The van der Waals surface area contributed by atoms with E-state index in [9.17, 15) is 9.18 Å². The first-order valence-corrected chi connectivity index (χ1v) is 6.83. The van der Waals surface area contributed by atoms with Crippen molar-refractivity contribution in [1.82, 2.24) is 0 Å². The van der Waals surface area contributed by atoms with Gasteiger partial charge in [-0.2, -0.15) is 0 Å². The molecule has 0 radical (unpaired) electrons. The third-order valence-corrected chi connectivity index (χ3v) is 3.43. The topological polar surface area (TPSA) is 41.1 Å². The van der Waals surface area contributed by atoms with E-state index in [2.05, 4.69) is 10.6 Å². The molecule has 2 aromatic rings. The molecule has 2 rings (SSSR count). The molecule has 0 aromatic heterocycles. The molecule has 3 nitrogen and oxygen atoms in total. The summed E-state index contributed by atoms with van der Waals surface area (Å²) < 4.78 is 13.2. The molecule has 1 amide bonds. The van der Waals surface area contributed by atoms with Crippen molar-refractivity contribution in [3.63, 3.8) is 0 Å². The quantitative estimate of drug-likeness (QED) is 0.897. The van der Waals surface area contributed by atoms with Crippen molar-refractivity contribution in [1.29, 1.82) is 0 Å². The Morgan fingerprint density at radius 2 is 1.71 bits per heavy atom. The zero-order chi connectivity index (χ0) is 15.4. The zero-order valence-corrected chi connectivity index (χ0v) is 12.5. The lowest BCUT2D eigenvalue weighted by molar-refractivity contribution is -0.114. The summed E-state index contributed by atoms with van der Waals surface area (Å²) in [6, 6.07) is 10.2. The number of rotatable bonds is 4. The molecule has 0 bridgehead atoms. The van der Waals surface area contributed by atoms with Crippen LogP contribution in [-0.4, -0.2) is 12.5 Å². The molecular weight excluding hydrogens is 267 g/mol. The molecule has 4 heteroatoms. The molecule has 21 heavy (non-hydrogen) atoms. The summed E-state index contributed by atoms with van der Waals surface area (Å²) in [6.07, 6.45) is 0. The Balaban J connectivity index is 1.95. The monoisotopic (exact) mass is 286 g/mol. The smallest absolute Gasteiger partial charge is 0.243 e. The fourth-order valence-corrected chi connectivity index (χ4v) is 1.98. The summed E-state index contributed by atoms with van der Waals surface area (Å²) in [6.45, 7) is 5.98. The van der Waals surface area contributed by atoms with Crippen LogP contribution in [0, 0.1) is 26.6 Å². The Kier molecular flexibility index (Phi) is 4.58. The molecule has 0 spiro atoms. The van der Waals surface area contributed by atoms with Crippen LogP contribution in [0.1, 0.15) is 16.7 Å². The van der Waals surface area contributed by atoms with E-state index in [-0.39, 0.29) is 18.3 Å². The number of carbonyl (C=O) groups is 1. The van der Waals surface area contributed by atoms with Crippen LogP contribution in [0.2, 0.25) is 0 Å². The maximum Gasteiger partial charge on any atom is 0.243 e. The van der Waals surface area contributed by atoms with E-state index in [0.29, 0.717) is 5.69 Å². The highest BCUT2D eigenvalue weighted by atomic mass is 19.1. The first-order valence-electron chi connectivity index (χ1n) is 6.83. The number of hydrogen-bond acceptors (Lipinski definition) is 2. The number of anilines is 2. The fourth-order valence-electron chi connectivity index (χ4n) is 1.98. The third kappa shape index (κ3) is 4.05. The second kappa shape index (κ2) is 6.39. The van der Waals surface area contributed by atoms with Crippen molar-refractivity contribution in [3.05, 3.63) is 58.9 Å². The number of amides is 1. The number of hydrogen-bond donors (Lipinski definition) is 2. The number of halogens is 1. The van der Waals surface area contributed by atoms with Crippen molar-refractivity contribution < 1.29 is 9.18 Å². The normalized spacial score (nSPS) is 10.3. The third-order valence-electron chi connectivity index (χ3n) is 3.43. The van der Waals surface area contributed by atoms with Crippen LogP contribution in [0.25, 0.3) is 0 Å². The number of aryl methyl sites for hydroxylation is 3. The van der Waals surface area contributed by atoms with E-state index < -0.39 is 0 Å². The number of nitrogens with one attached hydrogen (secondary N) is 2. The SMILES string of the molecule is Cc1ccc(NC(=O)CNc2cc(F)ccc2C)cc1C. The predicted molar refractivity (Wildman–Crippen MR) is 84.2 cm³/mol. The van der Waals surface area contributed by atoms with E-state index >= 15 is 0 Å². The molecule has 0 saturated heterocycles. The van der Waals surface area contributed by atoms with Gasteiger partial charge in [0.15, 0.2) is 0 Å². The average Bonchev–Trinajstić information content (AvgIpc) is 2.44. The Morgan fingerprint density at radius 1 is 1.00 bits per heavy atom. The lowest BCUT2D eigenvalue weighted by atomic mass is 10.1. The second-order valence-corrected chi connectivity index (χ2v) is 5.16. The predicted octanol–water partition coefficient (Wildman–Crippen LogP) is 3.80. The summed E-state index contributed by atoms with van der Waals surface area (Å²) in [5.41, 5.74) is 4.60. The van der Waals surface area contributed by atoms with Gasteiger partial charge in [-0.3, -0.25) is 4.79 Å². The van der Waals surface area contributed by atoms with Crippen LogP contribution < -0.4 is 10.6 Å². The van der Waals surface area contributed by atoms with Crippen LogP contribution in [0.4, 0.5) is 15.8 Å². The minimum atomic E-state index is -0.322. The summed E-state index contributed by atoms with van der Waals surface area (Å²) in [5, 5.41) is 5.77. The molecule has 0 aliphatic carbocycles. The highest BCUT2D eigenvalue weighted by Crippen LogP contribution is 2.16. The molecule has 0 aliphatic rings. The molecule has 0 heterocycles. The number of benzene rings is 2. The van der Waals surface area contributed by atoms with Crippen molar-refractivity contribution >= 4 is 17.3 Å². The summed E-state index contributed by atoms with van der Waals surface area (Å²) in [7, 11) is 0. The molecule has 110 valence electrons. The lowest BCUT2D eigenvalue weighted by Gasteiger charge is -2.11. The van der Waals surface area contributed by atoms with Gasteiger partial charge in [-0.15, -0.1) is 0 Å². The Labute approximate surface area is 124 Å². The minimum Gasteiger partial charge on any atom is -0.376 e. The van der Waals surface area contributed by atoms with Gasteiger partial charge in [0.1, 0.15) is 5.82 Å². The van der Waals surface area contributed by atoms with Crippen LogP contribution in [0.3, 0.4) is 0 Å². The Hall–Kier alpha value is -2.36. The Bertz CT molecular complexity index is 668. The van der Waals surface area contributed by atoms with E-state index in [1.54, 1.807) is 6.07 Å². The van der Waals surface area contributed by atoms with Crippen molar-refractivity contribution in [3.8, 4) is 0 Å². The van der Waals surface area contributed by atoms with Gasteiger partial charge in [0.05, 0.1) is 6.54 Å². The molecule has 0 aliphatic heterocycles. The summed E-state index contributed by atoms with van der Waals surface area (Å²) in [4.78, 5) is 11.9. The van der Waals surface area contributed by atoms with E-state index in [0.717, 1.165) is 16.8 Å². The van der Waals surface area contributed by atoms with Crippen LogP contribution in [-0.2, 0) is 4.79 Å².